The van der Waals surface area contributed by atoms with E-state index in [-0.39, 0.29) is 17.7 Å². The summed E-state index contributed by atoms with van der Waals surface area (Å²) in [6.07, 6.45) is 4.56. The van der Waals surface area contributed by atoms with Crippen molar-refractivity contribution in [2.75, 3.05) is 19.6 Å². The molecule has 2 heterocycles. The Hall–Kier alpha value is -2.14. The van der Waals surface area contributed by atoms with Crippen molar-refractivity contribution in [1.29, 1.82) is 0 Å². The van der Waals surface area contributed by atoms with Gasteiger partial charge in [-0.15, -0.1) is 11.3 Å². The van der Waals surface area contributed by atoms with E-state index in [1.165, 1.54) is 16.0 Å². The first-order valence-corrected chi connectivity index (χ1v) is 11.2. The van der Waals surface area contributed by atoms with Crippen LogP contribution in [0.4, 0.5) is 0 Å². The maximum atomic E-state index is 13.1. The highest BCUT2D eigenvalue weighted by molar-refractivity contribution is 7.13. The number of benzene rings is 1. The van der Waals surface area contributed by atoms with E-state index < -0.39 is 5.41 Å². The minimum absolute atomic E-state index is 0.0832. The summed E-state index contributed by atoms with van der Waals surface area (Å²) in [5.74, 6) is 0.521. The second-order valence-electron chi connectivity index (χ2n) is 8.09. The molecule has 1 saturated heterocycles. The van der Waals surface area contributed by atoms with Gasteiger partial charge in [-0.1, -0.05) is 36.8 Å². The zero-order valence-electron chi connectivity index (χ0n) is 16.4. The summed E-state index contributed by atoms with van der Waals surface area (Å²) in [6, 6.07) is 12.6. The molecule has 1 N–H and O–H groups in total. The van der Waals surface area contributed by atoms with Crippen molar-refractivity contribution in [3.8, 4) is 10.4 Å². The number of carbonyl (C=O) groups excluding carboxylic acids is 2. The van der Waals surface area contributed by atoms with Crippen molar-refractivity contribution < 1.29 is 9.59 Å². The summed E-state index contributed by atoms with van der Waals surface area (Å²) < 4.78 is 0. The molecule has 0 unspecified atom stereocenters. The van der Waals surface area contributed by atoms with Gasteiger partial charge >= 0.3 is 0 Å². The Balaban J connectivity index is 1.61. The van der Waals surface area contributed by atoms with Crippen LogP contribution in [0.5, 0.6) is 0 Å². The van der Waals surface area contributed by atoms with Gasteiger partial charge in [-0.25, -0.2) is 0 Å². The molecule has 4 nitrogen and oxygen atoms in total. The standard InChI is InChI=1S/C23H28N2O2S/c1-2-24-22(27)23(12-13-25(16-23)21(26)17-8-5-9-17)15-18-7-3-4-10-19(18)20-11-6-14-28-20/h3-4,6-7,10-11,14,17H,2,5,8-9,12-13,15-16H2,1H3,(H,24,27)/t23-/m0/s1. The van der Waals surface area contributed by atoms with Crippen LogP contribution in [-0.2, 0) is 16.0 Å². The molecule has 1 aromatic carbocycles. The van der Waals surface area contributed by atoms with Crippen molar-refractivity contribution in [3.05, 3.63) is 47.3 Å². The Bertz CT molecular complexity index is 844. The van der Waals surface area contributed by atoms with Gasteiger partial charge in [0.1, 0.15) is 0 Å². The number of likely N-dealkylation sites (tertiary alicyclic amines) is 1. The van der Waals surface area contributed by atoms with Gasteiger partial charge in [0.15, 0.2) is 0 Å². The molecule has 2 fully saturated rings. The first-order chi connectivity index (χ1) is 13.6. The average molecular weight is 397 g/mol. The fourth-order valence-corrected chi connectivity index (χ4v) is 5.23. The third-order valence-electron chi connectivity index (χ3n) is 6.27. The lowest BCUT2D eigenvalue weighted by Crippen LogP contribution is -2.46. The van der Waals surface area contributed by atoms with Crippen LogP contribution in [0.1, 0.15) is 38.2 Å². The van der Waals surface area contributed by atoms with E-state index in [4.69, 9.17) is 0 Å². The smallest absolute Gasteiger partial charge is 0.228 e. The molecule has 1 aromatic heterocycles. The molecular formula is C23H28N2O2S. The summed E-state index contributed by atoms with van der Waals surface area (Å²) in [5, 5.41) is 5.13. The highest BCUT2D eigenvalue weighted by atomic mass is 32.1. The van der Waals surface area contributed by atoms with Gasteiger partial charge in [0.2, 0.25) is 11.8 Å². The van der Waals surface area contributed by atoms with Crippen LogP contribution in [0.25, 0.3) is 10.4 Å². The van der Waals surface area contributed by atoms with Gasteiger partial charge < -0.3 is 10.2 Å². The number of hydrogen-bond donors (Lipinski definition) is 1. The second-order valence-corrected chi connectivity index (χ2v) is 9.04. The van der Waals surface area contributed by atoms with E-state index in [1.807, 2.05) is 17.9 Å². The average Bonchev–Trinajstić information content (AvgIpc) is 3.32. The second kappa shape index (κ2) is 8.08. The van der Waals surface area contributed by atoms with Crippen LogP contribution >= 0.6 is 11.3 Å². The van der Waals surface area contributed by atoms with E-state index >= 15 is 0 Å². The van der Waals surface area contributed by atoms with Crippen molar-refractivity contribution in [1.82, 2.24) is 10.2 Å². The van der Waals surface area contributed by atoms with Gasteiger partial charge in [-0.05, 0) is 55.2 Å². The highest BCUT2D eigenvalue weighted by Crippen LogP contribution is 2.40. The van der Waals surface area contributed by atoms with Crippen LogP contribution in [0, 0.1) is 11.3 Å². The molecule has 28 heavy (non-hydrogen) atoms. The molecule has 1 atom stereocenters. The molecule has 0 radical (unpaired) electrons. The van der Waals surface area contributed by atoms with Gasteiger partial charge in [-0.2, -0.15) is 0 Å². The largest absolute Gasteiger partial charge is 0.356 e. The minimum Gasteiger partial charge on any atom is -0.356 e. The number of hydrogen-bond acceptors (Lipinski definition) is 3. The molecule has 148 valence electrons. The number of amides is 2. The van der Waals surface area contributed by atoms with E-state index in [0.717, 1.165) is 25.7 Å². The predicted molar refractivity (Wildman–Crippen MR) is 113 cm³/mol. The Kier molecular flexibility index (Phi) is 5.54. The number of nitrogens with one attached hydrogen (secondary N) is 1. The first-order valence-electron chi connectivity index (χ1n) is 10.3. The zero-order valence-corrected chi connectivity index (χ0v) is 17.3. The van der Waals surface area contributed by atoms with Crippen LogP contribution in [0.15, 0.2) is 41.8 Å². The van der Waals surface area contributed by atoms with Crippen molar-refractivity contribution in [2.24, 2.45) is 11.3 Å². The fourth-order valence-electron chi connectivity index (χ4n) is 4.44. The number of nitrogens with zero attached hydrogens (tertiary/aromatic N) is 1. The maximum Gasteiger partial charge on any atom is 0.228 e. The Morgan fingerprint density at radius 1 is 1.21 bits per heavy atom. The Morgan fingerprint density at radius 3 is 2.71 bits per heavy atom. The van der Waals surface area contributed by atoms with Gasteiger partial charge in [0, 0.05) is 30.4 Å². The molecule has 1 aliphatic carbocycles. The number of carbonyl (C=O) groups is 2. The zero-order chi connectivity index (χ0) is 19.6. The predicted octanol–water partition coefficient (Wildman–Crippen LogP) is 4.11. The van der Waals surface area contributed by atoms with E-state index in [9.17, 15) is 9.59 Å². The molecule has 4 rings (SSSR count). The van der Waals surface area contributed by atoms with Gasteiger partial charge in [0.05, 0.1) is 5.41 Å². The van der Waals surface area contributed by atoms with Crippen LogP contribution in [0.3, 0.4) is 0 Å². The molecule has 2 amide bonds. The fraction of sp³-hybridized carbons (Fsp3) is 0.478. The molecule has 1 aliphatic heterocycles. The minimum atomic E-state index is -0.539. The van der Waals surface area contributed by atoms with Crippen LogP contribution in [-0.4, -0.2) is 36.3 Å². The molecule has 0 spiro atoms. The molecule has 2 aliphatic rings. The van der Waals surface area contributed by atoms with E-state index in [0.29, 0.717) is 26.1 Å². The quantitative estimate of drug-likeness (QED) is 0.799. The molecule has 0 bridgehead atoms. The van der Waals surface area contributed by atoms with Crippen LogP contribution in [0.2, 0.25) is 0 Å². The molecule has 1 saturated carbocycles. The lowest BCUT2D eigenvalue weighted by atomic mass is 9.78. The normalized spacial score (nSPS) is 22.1. The third-order valence-corrected chi connectivity index (χ3v) is 7.17. The highest BCUT2D eigenvalue weighted by Gasteiger charge is 2.47. The molecular weight excluding hydrogens is 368 g/mol. The Morgan fingerprint density at radius 2 is 2.04 bits per heavy atom. The van der Waals surface area contributed by atoms with E-state index in [2.05, 4.69) is 41.0 Å². The SMILES string of the molecule is CCNC(=O)[C@]1(Cc2ccccc2-c2cccs2)CCN(C(=O)C2CCC2)C1. The van der Waals surface area contributed by atoms with Crippen LogP contribution < -0.4 is 5.32 Å². The summed E-state index contributed by atoms with van der Waals surface area (Å²) in [7, 11) is 0. The lowest BCUT2D eigenvalue weighted by molar-refractivity contribution is -0.138. The topological polar surface area (TPSA) is 49.4 Å². The number of rotatable bonds is 6. The Labute approximate surface area is 170 Å². The first kappa shape index (κ1) is 19.2. The van der Waals surface area contributed by atoms with Gasteiger partial charge in [0.25, 0.3) is 0 Å². The van der Waals surface area contributed by atoms with Crippen molar-refractivity contribution in [3.63, 3.8) is 0 Å². The lowest BCUT2D eigenvalue weighted by Gasteiger charge is -2.32. The van der Waals surface area contributed by atoms with E-state index in [1.54, 1.807) is 11.3 Å². The third kappa shape index (κ3) is 3.60. The monoisotopic (exact) mass is 396 g/mol. The maximum absolute atomic E-state index is 13.1. The summed E-state index contributed by atoms with van der Waals surface area (Å²) in [4.78, 5) is 29.1. The molecule has 2 aromatic rings. The summed E-state index contributed by atoms with van der Waals surface area (Å²) in [6.45, 7) is 3.79. The number of thiophene rings is 1. The summed E-state index contributed by atoms with van der Waals surface area (Å²) >= 11 is 1.72. The van der Waals surface area contributed by atoms with Crippen molar-refractivity contribution >= 4 is 23.2 Å². The summed E-state index contributed by atoms with van der Waals surface area (Å²) in [5.41, 5.74) is 1.85. The van der Waals surface area contributed by atoms with Crippen molar-refractivity contribution in [2.45, 2.75) is 39.0 Å². The molecule has 5 heteroatoms. The van der Waals surface area contributed by atoms with Gasteiger partial charge in [-0.3, -0.25) is 9.59 Å².